The third kappa shape index (κ3) is 12.0. The molecule has 15 heavy (non-hydrogen) atoms. The highest BCUT2D eigenvalue weighted by molar-refractivity contribution is 8.09. The normalized spacial score (nSPS) is 10.4. The Morgan fingerprint density at radius 1 is 1.33 bits per heavy atom. The van der Waals surface area contributed by atoms with E-state index in [9.17, 15) is 0 Å². The molecule has 0 aliphatic heterocycles. The molecule has 3 nitrogen and oxygen atoms in total. The third-order valence-corrected chi connectivity index (χ3v) is 2.27. The van der Waals surface area contributed by atoms with Crippen molar-refractivity contribution in [3.05, 3.63) is 29.3 Å². The lowest BCUT2D eigenvalue weighted by Gasteiger charge is -1.95. The van der Waals surface area contributed by atoms with Crippen LogP contribution >= 0.6 is 34.0 Å². The molecule has 0 aromatic heterocycles. The SMILES string of the molecule is CCSc1ccc(Cl)cc1.O=S(=O)(O)Cl. The molecule has 0 saturated heterocycles. The minimum Gasteiger partial charge on any atom is -0.273 e. The summed E-state index contributed by atoms with van der Waals surface area (Å²) in [4.78, 5) is 1.28. The monoisotopic (exact) mass is 288 g/mol. The van der Waals surface area contributed by atoms with E-state index in [1.54, 1.807) is 0 Å². The highest BCUT2D eigenvalue weighted by Gasteiger charge is 1.89. The zero-order valence-corrected chi connectivity index (χ0v) is 11.0. The number of thioether (sulfide) groups is 1. The van der Waals surface area contributed by atoms with Crippen molar-refractivity contribution < 1.29 is 13.0 Å². The lowest BCUT2D eigenvalue weighted by molar-refractivity contribution is 0.501. The van der Waals surface area contributed by atoms with Crippen molar-refractivity contribution in [2.75, 3.05) is 5.75 Å². The maximum Gasteiger partial charge on any atom is 0.353 e. The second-order valence-electron chi connectivity index (χ2n) is 2.30. The molecule has 0 fully saturated rings. The highest BCUT2D eigenvalue weighted by Crippen LogP contribution is 2.19. The van der Waals surface area contributed by atoms with E-state index in [1.165, 1.54) is 4.90 Å². The molecule has 0 atom stereocenters. The minimum atomic E-state index is -4.19. The van der Waals surface area contributed by atoms with Crippen molar-refractivity contribution in [3.8, 4) is 0 Å². The summed E-state index contributed by atoms with van der Waals surface area (Å²) in [5.74, 6) is 1.11. The van der Waals surface area contributed by atoms with E-state index in [0.29, 0.717) is 0 Å². The zero-order valence-electron chi connectivity index (χ0n) is 7.85. The lowest BCUT2D eigenvalue weighted by Crippen LogP contribution is -1.77. The van der Waals surface area contributed by atoms with Gasteiger partial charge in [0.25, 0.3) is 0 Å². The van der Waals surface area contributed by atoms with Crippen LogP contribution in [0.2, 0.25) is 5.02 Å². The van der Waals surface area contributed by atoms with Gasteiger partial charge in [0.2, 0.25) is 0 Å². The van der Waals surface area contributed by atoms with Crippen LogP contribution in [0, 0.1) is 0 Å². The Kier molecular flexibility index (Phi) is 7.38. The fourth-order valence-electron chi connectivity index (χ4n) is 0.697. The minimum absolute atomic E-state index is 0.806. The lowest BCUT2D eigenvalue weighted by atomic mass is 10.4. The highest BCUT2D eigenvalue weighted by atomic mass is 35.7. The van der Waals surface area contributed by atoms with Crippen molar-refractivity contribution in [3.63, 3.8) is 0 Å². The molecule has 1 N–H and O–H groups in total. The van der Waals surface area contributed by atoms with Crippen LogP contribution in [0.5, 0.6) is 0 Å². The van der Waals surface area contributed by atoms with Crippen LogP contribution in [0.25, 0.3) is 0 Å². The first kappa shape index (κ1) is 15.1. The maximum atomic E-state index is 8.95. The van der Waals surface area contributed by atoms with E-state index >= 15 is 0 Å². The Bertz CT molecular complexity index is 367. The zero-order chi connectivity index (χ0) is 11.9. The van der Waals surface area contributed by atoms with Crippen LogP contribution in [0.15, 0.2) is 29.2 Å². The van der Waals surface area contributed by atoms with Gasteiger partial charge in [0, 0.05) is 20.6 Å². The van der Waals surface area contributed by atoms with Crippen molar-refractivity contribution in [1.29, 1.82) is 0 Å². The molecule has 0 unspecified atom stereocenters. The number of halogens is 2. The molecule has 1 aromatic rings. The first-order valence-electron chi connectivity index (χ1n) is 3.88. The molecule has 0 amide bonds. The first-order valence-corrected chi connectivity index (χ1v) is 7.51. The molecule has 86 valence electrons. The fraction of sp³-hybridized carbons (Fsp3) is 0.250. The van der Waals surface area contributed by atoms with Crippen molar-refractivity contribution in [2.24, 2.45) is 0 Å². The molecule has 0 saturated carbocycles. The largest absolute Gasteiger partial charge is 0.353 e. The van der Waals surface area contributed by atoms with Gasteiger partial charge < -0.3 is 0 Å². The number of benzene rings is 1. The quantitative estimate of drug-likeness (QED) is 0.514. The molecule has 0 heterocycles. The Morgan fingerprint density at radius 3 is 2.07 bits per heavy atom. The van der Waals surface area contributed by atoms with Gasteiger partial charge in [0.05, 0.1) is 0 Å². The first-order chi connectivity index (χ1) is 6.83. The summed E-state index contributed by atoms with van der Waals surface area (Å²) in [6, 6.07) is 7.91. The summed E-state index contributed by atoms with van der Waals surface area (Å²) in [5, 5.41) is 0.806. The van der Waals surface area contributed by atoms with Gasteiger partial charge in [0.1, 0.15) is 0 Å². The number of rotatable bonds is 2. The summed E-state index contributed by atoms with van der Waals surface area (Å²) < 4.78 is 25.2. The Balaban J connectivity index is 0.000000336. The molecular formula is C8H10Cl2O3S2. The van der Waals surface area contributed by atoms with Gasteiger partial charge in [-0.25, -0.2) is 0 Å². The molecule has 0 spiro atoms. The molecule has 0 aliphatic rings. The Hall–Kier alpha value is 0.0600. The van der Waals surface area contributed by atoms with E-state index in [0.717, 1.165) is 10.8 Å². The van der Waals surface area contributed by atoms with Gasteiger partial charge in [-0.05, 0) is 30.0 Å². The van der Waals surface area contributed by atoms with E-state index in [-0.39, 0.29) is 0 Å². The smallest absolute Gasteiger partial charge is 0.273 e. The predicted molar refractivity (Wildman–Crippen MR) is 65.3 cm³/mol. The second-order valence-corrected chi connectivity index (χ2v) is 6.07. The number of hydrogen-bond donors (Lipinski definition) is 1. The van der Waals surface area contributed by atoms with Crippen LogP contribution in [-0.4, -0.2) is 18.7 Å². The van der Waals surface area contributed by atoms with Gasteiger partial charge in [-0.3, -0.25) is 4.55 Å². The van der Waals surface area contributed by atoms with E-state index in [1.807, 2.05) is 36.0 Å². The summed E-state index contributed by atoms with van der Waals surface area (Å²) in [6.07, 6.45) is 0. The van der Waals surface area contributed by atoms with Gasteiger partial charge in [-0.15, -0.1) is 11.8 Å². The van der Waals surface area contributed by atoms with Crippen molar-refractivity contribution in [2.45, 2.75) is 11.8 Å². The summed E-state index contributed by atoms with van der Waals surface area (Å²) >= 11 is 7.53. The van der Waals surface area contributed by atoms with E-state index in [2.05, 4.69) is 17.6 Å². The second kappa shape index (κ2) is 7.35. The summed E-state index contributed by atoms with van der Waals surface area (Å²) in [7, 11) is -0.137. The van der Waals surface area contributed by atoms with Crippen LogP contribution in [0.3, 0.4) is 0 Å². The van der Waals surface area contributed by atoms with Crippen LogP contribution < -0.4 is 0 Å². The third-order valence-electron chi connectivity index (χ3n) is 1.12. The van der Waals surface area contributed by atoms with Gasteiger partial charge in [-0.1, -0.05) is 18.5 Å². The Labute approximate surface area is 103 Å². The molecule has 0 radical (unpaired) electrons. The van der Waals surface area contributed by atoms with Gasteiger partial charge in [-0.2, -0.15) is 8.42 Å². The molecular weight excluding hydrogens is 279 g/mol. The standard InChI is InChI=1S/C8H9ClS.ClHO3S/c1-2-10-8-5-3-7(9)4-6-8;1-5(2,3)4/h3-6H,2H2,1H3;(H,2,3,4). The summed E-state index contributed by atoms with van der Waals surface area (Å²) in [5.41, 5.74) is 0. The van der Waals surface area contributed by atoms with Crippen molar-refractivity contribution in [1.82, 2.24) is 0 Å². The van der Waals surface area contributed by atoms with E-state index in [4.69, 9.17) is 24.6 Å². The summed E-state index contributed by atoms with van der Waals surface area (Å²) in [6.45, 7) is 2.14. The van der Waals surface area contributed by atoms with Crippen LogP contribution in [0.4, 0.5) is 0 Å². The molecule has 0 aliphatic carbocycles. The van der Waals surface area contributed by atoms with Crippen LogP contribution in [-0.2, 0) is 9.33 Å². The Morgan fingerprint density at radius 2 is 1.73 bits per heavy atom. The van der Waals surface area contributed by atoms with Gasteiger partial charge in [0.15, 0.2) is 0 Å². The average Bonchev–Trinajstić information content (AvgIpc) is 2.06. The average molecular weight is 289 g/mol. The number of hydrogen-bond acceptors (Lipinski definition) is 3. The molecule has 1 rings (SSSR count). The fourth-order valence-corrected chi connectivity index (χ4v) is 1.49. The van der Waals surface area contributed by atoms with Crippen LogP contribution in [0.1, 0.15) is 6.92 Å². The maximum absolute atomic E-state index is 8.95. The molecule has 7 heteroatoms. The van der Waals surface area contributed by atoms with Crippen molar-refractivity contribution >= 4 is 43.4 Å². The van der Waals surface area contributed by atoms with E-state index < -0.39 is 9.33 Å². The molecule has 1 aromatic carbocycles. The topological polar surface area (TPSA) is 54.4 Å². The van der Waals surface area contributed by atoms with Gasteiger partial charge >= 0.3 is 9.33 Å². The predicted octanol–water partition coefficient (Wildman–Crippen LogP) is 3.48. The molecule has 0 bridgehead atoms.